The molecule has 0 bridgehead atoms. The van der Waals surface area contributed by atoms with E-state index in [9.17, 15) is 4.79 Å². The van der Waals surface area contributed by atoms with Crippen LogP contribution in [0.2, 0.25) is 0 Å². The number of hydrogen-bond acceptors (Lipinski definition) is 4. The molecule has 0 aliphatic rings. The number of carbonyl (C=O) groups is 1. The van der Waals surface area contributed by atoms with Gasteiger partial charge in [0.05, 0.1) is 11.9 Å². The molecule has 22 heavy (non-hydrogen) atoms. The summed E-state index contributed by atoms with van der Waals surface area (Å²) in [7, 11) is 0. The SMILES string of the molecule is CC(C)NC(=O)C(C)n1cc(-c2ncnc3[nH]ccc23)cn1.[HH]. The molecule has 1 unspecified atom stereocenters. The highest BCUT2D eigenvalue weighted by Crippen LogP contribution is 2.24. The van der Waals surface area contributed by atoms with Gasteiger partial charge in [-0.2, -0.15) is 5.10 Å². The third-order valence-corrected chi connectivity index (χ3v) is 3.44. The van der Waals surface area contributed by atoms with Crippen molar-refractivity contribution in [1.29, 1.82) is 0 Å². The molecule has 3 aromatic rings. The largest absolute Gasteiger partial charge is 0.352 e. The van der Waals surface area contributed by atoms with Gasteiger partial charge in [-0.25, -0.2) is 9.97 Å². The number of nitrogens with zero attached hydrogens (tertiary/aromatic N) is 4. The Bertz CT molecular complexity index is 809. The van der Waals surface area contributed by atoms with Crippen LogP contribution >= 0.6 is 0 Å². The first-order chi connectivity index (χ1) is 10.6. The van der Waals surface area contributed by atoms with Gasteiger partial charge in [-0.05, 0) is 26.8 Å². The molecule has 1 amide bonds. The highest BCUT2D eigenvalue weighted by atomic mass is 16.2. The summed E-state index contributed by atoms with van der Waals surface area (Å²) in [4.78, 5) is 23.6. The number of nitrogens with one attached hydrogen (secondary N) is 2. The van der Waals surface area contributed by atoms with E-state index < -0.39 is 0 Å². The summed E-state index contributed by atoms with van der Waals surface area (Å²) in [5.41, 5.74) is 2.44. The average Bonchev–Trinajstić information content (AvgIpc) is 3.14. The summed E-state index contributed by atoms with van der Waals surface area (Å²) < 4.78 is 1.65. The maximum absolute atomic E-state index is 12.1. The quantitative estimate of drug-likeness (QED) is 0.772. The third kappa shape index (κ3) is 2.57. The van der Waals surface area contributed by atoms with E-state index in [0.29, 0.717) is 0 Å². The Hall–Kier alpha value is -2.70. The van der Waals surface area contributed by atoms with Crippen LogP contribution in [0.1, 0.15) is 28.2 Å². The zero-order valence-corrected chi connectivity index (χ0v) is 12.7. The summed E-state index contributed by atoms with van der Waals surface area (Å²) in [5.74, 6) is -0.0564. The van der Waals surface area contributed by atoms with E-state index in [1.165, 1.54) is 6.33 Å². The molecule has 2 N–H and O–H groups in total. The summed E-state index contributed by atoms with van der Waals surface area (Å²) in [5, 5.41) is 8.11. The maximum atomic E-state index is 12.1. The van der Waals surface area contributed by atoms with E-state index in [2.05, 4.69) is 25.4 Å². The van der Waals surface area contributed by atoms with Crippen molar-refractivity contribution in [2.24, 2.45) is 0 Å². The summed E-state index contributed by atoms with van der Waals surface area (Å²) in [6.07, 6.45) is 6.89. The van der Waals surface area contributed by atoms with Gasteiger partial charge in [-0.15, -0.1) is 0 Å². The fourth-order valence-electron chi connectivity index (χ4n) is 2.30. The van der Waals surface area contributed by atoms with Gasteiger partial charge in [0, 0.05) is 30.8 Å². The van der Waals surface area contributed by atoms with Crippen molar-refractivity contribution in [3.63, 3.8) is 0 Å². The zero-order valence-electron chi connectivity index (χ0n) is 12.7. The van der Waals surface area contributed by atoms with E-state index in [4.69, 9.17) is 0 Å². The molecule has 0 saturated carbocycles. The van der Waals surface area contributed by atoms with Crippen LogP contribution in [-0.4, -0.2) is 36.7 Å². The average molecular weight is 300 g/mol. The predicted molar refractivity (Wildman–Crippen MR) is 85.2 cm³/mol. The first-order valence-corrected chi connectivity index (χ1v) is 7.19. The van der Waals surface area contributed by atoms with Crippen LogP contribution in [0.3, 0.4) is 0 Å². The Morgan fingerprint density at radius 1 is 1.36 bits per heavy atom. The van der Waals surface area contributed by atoms with Gasteiger partial charge < -0.3 is 10.3 Å². The minimum Gasteiger partial charge on any atom is -0.352 e. The third-order valence-electron chi connectivity index (χ3n) is 3.44. The molecule has 0 aliphatic heterocycles. The first kappa shape index (κ1) is 14.2. The number of rotatable bonds is 4. The van der Waals surface area contributed by atoms with Gasteiger partial charge in [0.1, 0.15) is 18.0 Å². The highest BCUT2D eigenvalue weighted by Gasteiger charge is 2.18. The van der Waals surface area contributed by atoms with Crippen LogP contribution in [0.5, 0.6) is 0 Å². The van der Waals surface area contributed by atoms with Crippen molar-refractivity contribution in [2.45, 2.75) is 32.9 Å². The molecule has 116 valence electrons. The molecule has 0 spiro atoms. The standard InChI is InChI=1S/C15H18N6O.H2/c1-9(2)20-15(22)10(3)21-7-11(6-19-21)13-12-4-5-16-14(12)18-8-17-13;/h4-10H,1-3H3,(H,20,22)(H,16,17,18);1H. The molecule has 7 nitrogen and oxygen atoms in total. The van der Waals surface area contributed by atoms with Crippen molar-refractivity contribution in [2.75, 3.05) is 0 Å². The number of fused-ring (bicyclic) bond motifs is 1. The molecule has 7 heteroatoms. The molecular weight excluding hydrogens is 280 g/mol. The van der Waals surface area contributed by atoms with Crippen LogP contribution in [0.15, 0.2) is 31.0 Å². The van der Waals surface area contributed by atoms with E-state index in [-0.39, 0.29) is 19.4 Å². The minimum atomic E-state index is -0.375. The number of aromatic nitrogens is 5. The van der Waals surface area contributed by atoms with Gasteiger partial charge in [-0.3, -0.25) is 9.48 Å². The van der Waals surface area contributed by atoms with Crippen LogP contribution in [0.4, 0.5) is 0 Å². The van der Waals surface area contributed by atoms with Gasteiger partial charge in [0.15, 0.2) is 0 Å². The molecule has 0 aromatic carbocycles. The van der Waals surface area contributed by atoms with Gasteiger partial charge in [0.25, 0.3) is 0 Å². The predicted octanol–water partition coefficient (Wildman–Crippen LogP) is 2.15. The lowest BCUT2D eigenvalue weighted by molar-refractivity contribution is -0.124. The Kier molecular flexibility index (Phi) is 3.62. The van der Waals surface area contributed by atoms with E-state index in [1.807, 2.05) is 39.2 Å². The maximum Gasteiger partial charge on any atom is 0.244 e. The lowest BCUT2D eigenvalue weighted by Crippen LogP contribution is -2.35. The number of carbonyl (C=O) groups excluding carboxylic acids is 1. The van der Waals surface area contributed by atoms with Gasteiger partial charge in [-0.1, -0.05) is 0 Å². The molecule has 3 heterocycles. The van der Waals surface area contributed by atoms with Gasteiger partial charge >= 0.3 is 0 Å². The summed E-state index contributed by atoms with van der Waals surface area (Å²) in [6, 6.07) is 1.66. The Labute approximate surface area is 129 Å². The molecule has 0 radical (unpaired) electrons. The Morgan fingerprint density at radius 3 is 2.95 bits per heavy atom. The summed E-state index contributed by atoms with van der Waals surface area (Å²) >= 11 is 0. The topological polar surface area (TPSA) is 88.5 Å². The van der Waals surface area contributed by atoms with Crippen molar-refractivity contribution < 1.29 is 6.22 Å². The molecule has 3 rings (SSSR count). The fourth-order valence-corrected chi connectivity index (χ4v) is 2.30. The summed E-state index contributed by atoms with van der Waals surface area (Å²) in [6.45, 7) is 5.69. The second kappa shape index (κ2) is 5.59. The molecule has 0 aliphatic carbocycles. The molecule has 0 fully saturated rings. The fraction of sp³-hybridized carbons (Fsp3) is 0.333. The van der Waals surface area contributed by atoms with E-state index >= 15 is 0 Å². The zero-order chi connectivity index (χ0) is 15.7. The van der Waals surface area contributed by atoms with E-state index in [0.717, 1.165) is 22.3 Å². The van der Waals surface area contributed by atoms with Gasteiger partial charge in [0.2, 0.25) is 5.91 Å². The molecule has 0 saturated heterocycles. The van der Waals surface area contributed by atoms with Crippen molar-refractivity contribution in [3.8, 4) is 11.3 Å². The Balaban J connectivity index is 0.00000192. The normalized spacial score (nSPS) is 12.7. The lowest BCUT2D eigenvalue weighted by atomic mass is 10.2. The smallest absolute Gasteiger partial charge is 0.244 e. The minimum absolute atomic E-state index is 0. The van der Waals surface area contributed by atoms with Crippen LogP contribution in [0, 0.1) is 0 Å². The lowest BCUT2D eigenvalue weighted by Gasteiger charge is -2.14. The number of amides is 1. The molecular formula is C15H20N6O. The Morgan fingerprint density at radius 2 is 2.18 bits per heavy atom. The highest BCUT2D eigenvalue weighted by molar-refractivity contribution is 5.90. The van der Waals surface area contributed by atoms with E-state index in [1.54, 1.807) is 10.9 Å². The monoisotopic (exact) mass is 300 g/mol. The van der Waals surface area contributed by atoms with Crippen LogP contribution in [0.25, 0.3) is 22.3 Å². The first-order valence-electron chi connectivity index (χ1n) is 7.19. The molecule has 3 aromatic heterocycles. The number of H-pyrrole nitrogens is 1. The van der Waals surface area contributed by atoms with Crippen LogP contribution < -0.4 is 5.32 Å². The number of hydrogen-bond donors (Lipinski definition) is 2. The second-order valence-electron chi connectivity index (χ2n) is 5.51. The molecule has 1 atom stereocenters. The number of aromatic amines is 1. The van der Waals surface area contributed by atoms with Crippen LogP contribution in [-0.2, 0) is 4.79 Å². The van der Waals surface area contributed by atoms with Crippen molar-refractivity contribution in [1.82, 2.24) is 30.0 Å². The van der Waals surface area contributed by atoms with Crippen molar-refractivity contribution in [3.05, 3.63) is 31.0 Å². The van der Waals surface area contributed by atoms with Crippen molar-refractivity contribution >= 4 is 16.9 Å². The second-order valence-corrected chi connectivity index (χ2v) is 5.51.